The maximum absolute atomic E-state index is 11.9. The third-order valence-electron chi connectivity index (χ3n) is 1.51. The lowest BCUT2D eigenvalue weighted by molar-refractivity contribution is -0.144. The van der Waals surface area contributed by atoms with E-state index in [1.807, 2.05) is 0 Å². The van der Waals surface area contributed by atoms with Crippen molar-refractivity contribution in [3.8, 4) is 0 Å². The number of hydrogen-bond donors (Lipinski definition) is 2. The largest absolute Gasteiger partial charge is 0.468 e. The highest BCUT2D eigenvalue weighted by Crippen LogP contribution is 2.01. The highest BCUT2D eigenvalue weighted by atomic mass is 35.5. The van der Waals surface area contributed by atoms with Gasteiger partial charge >= 0.3 is 5.97 Å². The molecule has 14 heavy (non-hydrogen) atoms. The fraction of sp³-hybridized carbons (Fsp3) is 0.857. The molecule has 0 spiro atoms. The predicted octanol–water partition coefficient (Wildman–Crippen LogP) is 0.501. The topological polar surface area (TPSA) is 64.3 Å². The van der Waals surface area contributed by atoms with Crippen molar-refractivity contribution < 1.29 is 18.3 Å². The Bertz CT molecular complexity index is 161. The lowest BCUT2D eigenvalue weighted by Crippen LogP contribution is -2.40. The monoisotopic (exact) mass is 232 g/mol. The number of alkyl halides is 2. The summed E-state index contributed by atoms with van der Waals surface area (Å²) in [5, 5.41) is 1.80. The number of hydrogen-bond acceptors (Lipinski definition) is 4. The Labute approximate surface area is 87.6 Å². The molecule has 3 N–H and O–H groups in total. The molecular weight excluding hydrogens is 218 g/mol. The van der Waals surface area contributed by atoms with Crippen LogP contribution >= 0.6 is 12.4 Å². The zero-order chi connectivity index (χ0) is 10.3. The minimum atomic E-state index is -2.72. The molecule has 7 heteroatoms. The zero-order valence-corrected chi connectivity index (χ0v) is 8.65. The average Bonchev–Trinajstić information content (AvgIpc) is 2.10. The van der Waals surface area contributed by atoms with Gasteiger partial charge in [0.2, 0.25) is 0 Å². The Morgan fingerprint density at radius 3 is 2.50 bits per heavy atom. The number of esters is 1. The molecule has 0 amide bonds. The van der Waals surface area contributed by atoms with Crippen molar-refractivity contribution in [3.05, 3.63) is 0 Å². The zero-order valence-electron chi connectivity index (χ0n) is 7.83. The van der Waals surface area contributed by atoms with Crippen LogP contribution in [-0.4, -0.2) is 32.2 Å². The van der Waals surface area contributed by atoms with Crippen LogP contribution in [0.15, 0.2) is 0 Å². The average molecular weight is 233 g/mol. The summed E-state index contributed by atoms with van der Waals surface area (Å²) >= 11 is 0. The number of carbonyl (C=O) groups is 1. The van der Waals surface area contributed by atoms with Crippen molar-refractivity contribution in [2.75, 3.05) is 13.7 Å². The summed E-state index contributed by atoms with van der Waals surface area (Å²) in [7, 11) is 1.16. The highest BCUT2D eigenvalue weighted by Gasteiger charge is 2.21. The number of nitrogens with two attached hydrogens (primary N) is 1. The van der Waals surface area contributed by atoms with E-state index in [2.05, 4.69) is 4.74 Å². The molecular formula is C7H15ClF2N2O2. The van der Waals surface area contributed by atoms with Gasteiger partial charge in [-0.15, -0.1) is 12.4 Å². The summed E-state index contributed by atoms with van der Waals surface area (Å²) in [6, 6.07) is -0.964. The molecule has 0 saturated heterocycles. The van der Waals surface area contributed by atoms with E-state index < -0.39 is 18.6 Å². The second-order valence-electron chi connectivity index (χ2n) is 2.47. The molecule has 0 aliphatic carbocycles. The van der Waals surface area contributed by atoms with Gasteiger partial charge in [-0.25, -0.2) is 5.32 Å². The van der Waals surface area contributed by atoms with Crippen LogP contribution < -0.4 is 11.1 Å². The van der Waals surface area contributed by atoms with Crippen LogP contribution in [0.2, 0.25) is 0 Å². The van der Waals surface area contributed by atoms with Crippen molar-refractivity contribution in [3.63, 3.8) is 0 Å². The second kappa shape index (κ2) is 9.11. The van der Waals surface area contributed by atoms with Gasteiger partial charge in [-0.05, 0) is 19.4 Å². The van der Waals surface area contributed by atoms with Gasteiger partial charge in [0.15, 0.2) is 0 Å². The SMILES string of the molecule is COC(=O)[C@H](CCCN)NC(F)F.Cl. The Morgan fingerprint density at radius 2 is 2.14 bits per heavy atom. The van der Waals surface area contributed by atoms with E-state index in [-0.39, 0.29) is 18.8 Å². The molecule has 0 fully saturated rings. The summed E-state index contributed by atoms with van der Waals surface area (Å²) in [5.74, 6) is -0.686. The molecule has 0 radical (unpaired) electrons. The van der Waals surface area contributed by atoms with Crippen LogP contribution in [0.5, 0.6) is 0 Å². The number of rotatable bonds is 6. The minimum absolute atomic E-state index is 0. The number of halogens is 3. The quantitative estimate of drug-likeness (QED) is 0.517. The van der Waals surface area contributed by atoms with E-state index in [1.165, 1.54) is 0 Å². The van der Waals surface area contributed by atoms with E-state index in [0.717, 1.165) is 7.11 Å². The Hall–Kier alpha value is -0.460. The summed E-state index contributed by atoms with van der Waals surface area (Å²) < 4.78 is 28.1. The molecule has 0 aliphatic rings. The number of methoxy groups -OCH3 is 1. The Kier molecular flexibility index (Phi) is 10.4. The summed E-state index contributed by atoms with van der Waals surface area (Å²) in [6.07, 6.45) is 0.757. The molecule has 0 unspecified atom stereocenters. The molecule has 0 rings (SSSR count). The van der Waals surface area contributed by atoms with E-state index in [1.54, 1.807) is 5.32 Å². The normalized spacial score (nSPS) is 12.1. The molecule has 0 aromatic carbocycles. The predicted molar refractivity (Wildman–Crippen MR) is 50.5 cm³/mol. The molecule has 1 atom stereocenters. The second-order valence-corrected chi connectivity index (χ2v) is 2.47. The Morgan fingerprint density at radius 1 is 1.57 bits per heavy atom. The van der Waals surface area contributed by atoms with Crippen molar-refractivity contribution in [1.82, 2.24) is 5.32 Å². The van der Waals surface area contributed by atoms with Crippen LogP contribution in [0.1, 0.15) is 12.8 Å². The van der Waals surface area contributed by atoms with E-state index >= 15 is 0 Å². The first-order valence-electron chi connectivity index (χ1n) is 3.94. The number of carbonyl (C=O) groups excluding carboxylic acids is 1. The minimum Gasteiger partial charge on any atom is -0.468 e. The fourth-order valence-electron chi connectivity index (χ4n) is 0.886. The van der Waals surface area contributed by atoms with E-state index in [0.29, 0.717) is 13.0 Å². The Balaban J connectivity index is 0. The van der Waals surface area contributed by atoms with E-state index in [4.69, 9.17) is 5.73 Å². The first-order chi connectivity index (χ1) is 6.11. The van der Waals surface area contributed by atoms with Crippen LogP contribution in [0.25, 0.3) is 0 Å². The molecule has 4 nitrogen and oxygen atoms in total. The first-order valence-corrected chi connectivity index (χ1v) is 3.94. The van der Waals surface area contributed by atoms with Gasteiger partial charge in [-0.2, -0.15) is 8.78 Å². The third-order valence-corrected chi connectivity index (χ3v) is 1.51. The van der Waals surface area contributed by atoms with Crippen molar-refractivity contribution >= 4 is 18.4 Å². The fourth-order valence-corrected chi connectivity index (χ4v) is 0.886. The van der Waals surface area contributed by atoms with Crippen molar-refractivity contribution in [2.24, 2.45) is 5.73 Å². The molecule has 0 saturated carbocycles. The summed E-state index contributed by atoms with van der Waals surface area (Å²) in [6.45, 7) is -2.36. The lowest BCUT2D eigenvalue weighted by Gasteiger charge is -2.14. The lowest BCUT2D eigenvalue weighted by atomic mass is 10.1. The maximum atomic E-state index is 11.9. The smallest absolute Gasteiger partial charge is 0.323 e. The summed E-state index contributed by atoms with van der Waals surface area (Å²) in [4.78, 5) is 10.9. The molecule has 0 aromatic rings. The van der Waals surface area contributed by atoms with Gasteiger partial charge in [0, 0.05) is 0 Å². The molecule has 86 valence electrons. The van der Waals surface area contributed by atoms with Gasteiger partial charge in [0.05, 0.1) is 7.11 Å². The first kappa shape index (κ1) is 16.0. The van der Waals surface area contributed by atoms with Gasteiger partial charge in [-0.3, -0.25) is 4.79 Å². The van der Waals surface area contributed by atoms with Gasteiger partial charge in [-0.1, -0.05) is 0 Å². The third kappa shape index (κ3) is 6.99. The number of ether oxygens (including phenoxy) is 1. The van der Waals surface area contributed by atoms with Gasteiger partial charge in [0.1, 0.15) is 6.04 Å². The standard InChI is InChI=1S/C7H14F2N2O2.ClH/c1-13-6(12)5(3-2-4-10)11-7(8)9;/h5,7,11H,2-4,10H2,1H3;1H/t5-;/m0./s1. The molecule has 0 aliphatic heterocycles. The van der Waals surface area contributed by atoms with Gasteiger partial charge in [0.25, 0.3) is 6.55 Å². The molecule has 0 aromatic heterocycles. The summed E-state index contributed by atoms with van der Waals surface area (Å²) in [5.41, 5.74) is 5.18. The number of nitrogens with one attached hydrogen (secondary N) is 1. The van der Waals surface area contributed by atoms with Crippen molar-refractivity contribution in [1.29, 1.82) is 0 Å². The van der Waals surface area contributed by atoms with Crippen LogP contribution in [-0.2, 0) is 9.53 Å². The van der Waals surface area contributed by atoms with Crippen LogP contribution in [0.4, 0.5) is 8.78 Å². The van der Waals surface area contributed by atoms with Crippen LogP contribution in [0.3, 0.4) is 0 Å². The van der Waals surface area contributed by atoms with Crippen molar-refractivity contribution in [2.45, 2.75) is 25.4 Å². The highest BCUT2D eigenvalue weighted by molar-refractivity contribution is 5.85. The van der Waals surface area contributed by atoms with Crippen LogP contribution in [0, 0.1) is 0 Å². The molecule has 0 heterocycles. The van der Waals surface area contributed by atoms with E-state index in [9.17, 15) is 13.6 Å². The van der Waals surface area contributed by atoms with Gasteiger partial charge < -0.3 is 10.5 Å². The molecule has 0 bridgehead atoms. The maximum Gasteiger partial charge on any atom is 0.323 e.